The fourth-order valence-corrected chi connectivity index (χ4v) is 1.22. The van der Waals surface area contributed by atoms with E-state index in [0.717, 1.165) is 5.56 Å². The Balaban J connectivity index is 2.69. The van der Waals surface area contributed by atoms with Gasteiger partial charge in [-0.3, -0.25) is 0 Å². The van der Waals surface area contributed by atoms with Crippen molar-refractivity contribution in [2.75, 3.05) is 0 Å². The summed E-state index contributed by atoms with van der Waals surface area (Å²) in [5, 5.41) is 0. The Morgan fingerprint density at radius 1 is 1.14 bits per heavy atom. The van der Waals surface area contributed by atoms with Crippen LogP contribution in [0, 0.1) is 5.82 Å². The average molecular weight is 193 g/mol. The summed E-state index contributed by atoms with van der Waals surface area (Å²) >= 11 is 0. The molecule has 0 aromatic heterocycles. The van der Waals surface area contributed by atoms with E-state index in [0.29, 0.717) is 0 Å². The van der Waals surface area contributed by atoms with E-state index in [1.165, 1.54) is 12.1 Å². The third-order valence-corrected chi connectivity index (χ3v) is 2.10. The average Bonchev–Trinajstić information content (AvgIpc) is 2.15. The minimum atomic E-state index is -0.197. The van der Waals surface area contributed by atoms with Crippen LogP contribution in [-0.4, -0.2) is 6.04 Å². The minimum Gasteiger partial charge on any atom is -0.325 e. The molecule has 2 unspecified atom stereocenters. The van der Waals surface area contributed by atoms with Gasteiger partial charge in [-0.2, -0.15) is 0 Å². The number of rotatable bonds is 3. The second kappa shape index (κ2) is 4.91. The van der Waals surface area contributed by atoms with Gasteiger partial charge in [0.2, 0.25) is 0 Å². The highest BCUT2D eigenvalue weighted by Gasteiger charge is 2.01. The minimum absolute atomic E-state index is 0.0675. The summed E-state index contributed by atoms with van der Waals surface area (Å²) in [6.45, 7) is 3.99. The van der Waals surface area contributed by atoms with E-state index in [2.05, 4.69) is 6.92 Å². The van der Waals surface area contributed by atoms with E-state index in [9.17, 15) is 4.39 Å². The molecule has 2 atom stereocenters. The topological polar surface area (TPSA) is 26.0 Å². The third-order valence-electron chi connectivity index (χ3n) is 2.10. The maximum absolute atomic E-state index is 12.6. The summed E-state index contributed by atoms with van der Waals surface area (Å²) in [4.78, 5) is 0. The Labute approximate surface area is 84.4 Å². The molecule has 14 heavy (non-hydrogen) atoms. The van der Waals surface area contributed by atoms with Crippen molar-refractivity contribution in [1.82, 2.24) is 0 Å². The lowest BCUT2D eigenvalue weighted by Crippen LogP contribution is -2.10. The summed E-state index contributed by atoms with van der Waals surface area (Å²) in [7, 11) is 0. The molecular formula is C12H16FN. The highest BCUT2D eigenvalue weighted by molar-refractivity contribution is 5.23. The quantitative estimate of drug-likeness (QED) is 0.734. The zero-order valence-electron chi connectivity index (χ0n) is 8.57. The molecule has 76 valence electrons. The highest BCUT2D eigenvalue weighted by atomic mass is 19.1. The molecule has 0 bridgehead atoms. The Morgan fingerprint density at radius 2 is 1.71 bits per heavy atom. The largest absolute Gasteiger partial charge is 0.325 e. The third kappa shape index (κ3) is 3.30. The summed E-state index contributed by atoms with van der Waals surface area (Å²) in [5.74, 6) is 0.0822. The summed E-state index contributed by atoms with van der Waals surface area (Å²) in [5.41, 5.74) is 6.70. The lowest BCUT2D eigenvalue weighted by Gasteiger charge is -2.06. The lowest BCUT2D eigenvalue weighted by molar-refractivity contribution is 0.626. The van der Waals surface area contributed by atoms with Crippen molar-refractivity contribution in [3.05, 3.63) is 47.8 Å². The molecule has 1 aromatic carbocycles. The summed E-state index contributed by atoms with van der Waals surface area (Å²) in [6, 6.07) is 6.62. The zero-order valence-corrected chi connectivity index (χ0v) is 8.57. The molecule has 1 rings (SSSR count). The molecule has 0 spiro atoms. The second-order valence-corrected chi connectivity index (χ2v) is 3.58. The maximum Gasteiger partial charge on any atom is 0.123 e. The van der Waals surface area contributed by atoms with E-state index in [1.807, 2.05) is 19.1 Å². The molecule has 0 aliphatic rings. The SMILES string of the molecule is CC(N)/C=C/C(C)c1ccc(F)cc1. The number of halogens is 1. The fraction of sp³-hybridized carbons (Fsp3) is 0.333. The van der Waals surface area contributed by atoms with Crippen LogP contribution in [0.15, 0.2) is 36.4 Å². The van der Waals surface area contributed by atoms with Crippen LogP contribution in [0.3, 0.4) is 0 Å². The van der Waals surface area contributed by atoms with Gasteiger partial charge in [0.1, 0.15) is 5.82 Å². The normalized spacial score (nSPS) is 15.7. The number of allylic oxidation sites excluding steroid dienone is 1. The van der Waals surface area contributed by atoms with Gasteiger partial charge in [0.15, 0.2) is 0 Å². The van der Waals surface area contributed by atoms with Gasteiger partial charge in [-0.1, -0.05) is 31.2 Å². The first kappa shape index (κ1) is 10.9. The highest BCUT2D eigenvalue weighted by Crippen LogP contribution is 2.16. The van der Waals surface area contributed by atoms with Crippen LogP contribution in [0.4, 0.5) is 4.39 Å². The molecule has 2 N–H and O–H groups in total. The molecule has 0 heterocycles. The molecule has 0 aliphatic carbocycles. The molecule has 0 amide bonds. The Hall–Kier alpha value is -1.15. The van der Waals surface area contributed by atoms with Crippen LogP contribution >= 0.6 is 0 Å². The van der Waals surface area contributed by atoms with Gasteiger partial charge in [0, 0.05) is 6.04 Å². The van der Waals surface area contributed by atoms with Crippen LogP contribution < -0.4 is 5.73 Å². The van der Waals surface area contributed by atoms with E-state index < -0.39 is 0 Å². The molecule has 0 radical (unpaired) electrons. The van der Waals surface area contributed by atoms with Gasteiger partial charge in [0.25, 0.3) is 0 Å². The van der Waals surface area contributed by atoms with Crippen molar-refractivity contribution in [1.29, 1.82) is 0 Å². The van der Waals surface area contributed by atoms with Crippen molar-refractivity contribution < 1.29 is 4.39 Å². The van der Waals surface area contributed by atoms with Gasteiger partial charge >= 0.3 is 0 Å². The maximum atomic E-state index is 12.6. The Morgan fingerprint density at radius 3 is 2.21 bits per heavy atom. The predicted octanol–water partition coefficient (Wildman–Crippen LogP) is 2.83. The van der Waals surface area contributed by atoms with Crippen LogP contribution in [0.1, 0.15) is 25.3 Å². The van der Waals surface area contributed by atoms with E-state index in [1.54, 1.807) is 12.1 Å². The first-order chi connectivity index (χ1) is 6.59. The van der Waals surface area contributed by atoms with Crippen molar-refractivity contribution in [3.63, 3.8) is 0 Å². The van der Waals surface area contributed by atoms with Crippen LogP contribution in [0.2, 0.25) is 0 Å². The zero-order chi connectivity index (χ0) is 10.6. The first-order valence-electron chi connectivity index (χ1n) is 4.79. The molecule has 1 aromatic rings. The van der Waals surface area contributed by atoms with Gasteiger partial charge in [-0.15, -0.1) is 0 Å². The smallest absolute Gasteiger partial charge is 0.123 e. The van der Waals surface area contributed by atoms with Gasteiger partial charge < -0.3 is 5.73 Å². The first-order valence-corrected chi connectivity index (χ1v) is 4.79. The molecule has 1 nitrogen and oxygen atoms in total. The summed E-state index contributed by atoms with van der Waals surface area (Å²) in [6.07, 6.45) is 3.99. The Bertz CT molecular complexity index is 301. The van der Waals surface area contributed by atoms with Crippen molar-refractivity contribution in [3.8, 4) is 0 Å². The van der Waals surface area contributed by atoms with Crippen molar-refractivity contribution in [2.24, 2.45) is 5.73 Å². The van der Waals surface area contributed by atoms with Crippen molar-refractivity contribution >= 4 is 0 Å². The predicted molar refractivity (Wildman–Crippen MR) is 57.6 cm³/mol. The number of hydrogen-bond acceptors (Lipinski definition) is 1. The van der Waals surface area contributed by atoms with E-state index >= 15 is 0 Å². The van der Waals surface area contributed by atoms with Gasteiger partial charge in [0.05, 0.1) is 0 Å². The standard InChI is InChI=1S/C12H16FN/c1-9(3-4-10(2)14)11-5-7-12(13)8-6-11/h3-10H,14H2,1-2H3/b4-3+. The van der Waals surface area contributed by atoms with Crippen LogP contribution in [0.25, 0.3) is 0 Å². The number of nitrogens with two attached hydrogens (primary N) is 1. The molecule has 0 aliphatic heterocycles. The fourth-order valence-electron chi connectivity index (χ4n) is 1.22. The molecule has 0 saturated carbocycles. The van der Waals surface area contributed by atoms with Crippen LogP contribution in [0.5, 0.6) is 0 Å². The van der Waals surface area contributed by atoms with E-state index in [-0.39, 0.29) is 17.8 Å². The van der Waals surface area contributed by atoms with E-state index in [4.69, 9.17) is 5.73 Å². The second-order valence-electron chi connectivity index (χ2n) is 3.58. The summed E-state index contributed by atoms with van der Waals surface area (Å²) < 4.78 is 12.6. The van der Waals surface area contributed by atoms with Gasteiger partial charge in [-0.25, -0.2) is 4.39 Å². The molecular weight excluding hydrogens is 177 g/mol. The van der Waals surface area contributed by atoms with Crippen LogP contribution in [-0.2, 0) is 0 Å². The lowest BCUT2D eigenvalue weighted by atomic mass is 10.0. The number of benzene rings is 1. The molecule has 2 heteroatoms. The molecule has 0 fully saturated rings. The van der Waals surface area contributed by atoms with Crippen molar-refractivity contribution in [2.45, 2.75) is 25.8 Å². The van der Waals surface area contributed by atoms with Gasteiger partial charge in [-0.05, 0) is 30.5 Å². The Kier molecular flexibility index (Phi) is 3.84. The number of hydrogen-bond donors (Lipinski definition) is 1. The molecule has 0 saturated heterocycles. The monoisotopic (exact) mass is 193 g/mol.